The third-order valence-corrected chi connectivity index (χ3v) is 4.63. The fourth-order valence-electron chi connectivity index (χ4n) is 2.65. The fourth-order valence-corrected chi connectivity index (χ4v) is 3.14. The highest BCUT2D eigenvalue weighted by molar-refractivity contribution is 9.10. The van der Waals surface area contributed by atoms with Gasteiger partial charge in [0.2, 0.25) is 0 Å². The van der Waals surface area contributed by atoms with Gasteiger partial charge in [0.15, 0.2) is 6.61 Å². The summed E-state index contributed by atoms with van der Waals surface area (Å²) < 4.78 is 11.9. The monoisotopic (exact) mass is 452 g/mol. The van der Waals surface area contributed by atoms with E-state index in [4.69, 9.17) is 9.47 Å². The van der Waals surface area contributed by atoms with Crippen LogP contribution < -0.4 is 14.9 Å². The van der Waals surface area contributed by atoms with Crippen molar-refractivity contribution in [1.29, 1.82) is 0 Å². The average molecular weight is 453 g/mol. The Morgan fingerprint density at radius 2 is 1.72 bits per heavy atom. The van der Waals surface area contributed by atoms with E-state index in [1.165, 1.54) is 0 Å². The molecule has 148 valence electrons. The standard InChI is InChI=1S/C23H21BrN2O3/c1-2-28-21-11-7-6-10-19(21)15-25-26-23(27)16-29-22-13-12-18(14-20(22)24)17-8-4-3-5-9-17/h3-15H,2,16H2,1H3,(H,26,27)/b25-15+. The van der Waals surface area contributed by atoms with Gasteiger partial charge in [0.25, 0.3) is 5.91 Å². The van der Waals surface area contributed by atoms with Crippen LogP contribution in [0.2, 0.25) is 0 Å². The number of rotatable bonds is 8. The Morgan fingerprint density at radius 1 is 0.966 bits per heavy atom. The smallest absolute Gasteiger partial charge is 0.277 e. The van der Waals surface area contributed by atoms with Crippen LogP contribution in [0.3, 0.4) is 0 Å². The van der Waals surface area contributed by atoms with Crippen molar-refractivity contribution >= 4 is 28.1 Å². The van der Waals surface area contributed by atoms with Crippen molar-refractivity contribution in [2.45, 2.75) is 6.92 Å². The molecule has 6 heteroatoms. The molecule has 1 N–H and O–H groups in total. The highest BCUT2D eigenvalue weighted by Gasteiger charge is 2.07. The van der Waals surface area contributed by atoms with E-state index < -0.39 is 0 Å². The van der Waals surface area contributed by atoms with Crippen LogP contribution in [0, 0.1) is 0 Å². The maximum Gasteiger partial charge on any atom is 0.277 e. The molecule has 0 bridgehead atoms. The van der Waals surface area contributed by atoms with E-state index in [0.717, 1.165) is 21.2 Å². The number of hydrogen-bond acceptors (Lipinski definition) is 4. The molecule has 0 aliphatic heterocycles. The zero-order valence-electron chi connectivity index (χ0n) is 16.0. The number of benzene rings is 3. The number of nitrogens with one attached hydrogen (secondary N) is 1. The number of ether oxygens (including phenoxy) is 2. The molecule has 3 rings (SSSR count). The van der Waals surface area contributed by atoms with Gasteiger partial charge in [-0.1, -0.05) is 48.5 Å². The molecule has 0 aliphatic rings. The number of carbonyl (C=O) groups excluding carboxylic acids is 1. The van der Waals surface area contributed by atoms with Gasteiger partial charge >= 0.3 is 0 Å². The van der Waals surface area contributed by atoms with Gasteiger partial charge in [0.1, 0.15) is 11.5 Å². The lowest BCUT2D eigenvalue weighted by atomic mass is 10.1. The van der Waals surface area contributed by atoms with Crippen LogP contribution in [0.4, 0.5) is 0 Å². The Morgan fingerprint density at radius 3 is 2.48 bits per heavy atom. The van der Waals surface area contributed by atoms with Crippen LogP contribution in [0.15, 0.2) is 82.4 Å². The number of para-hydroxylation sites is 1. The SMILES string of the molecule is CCOc1ccccc1/C=N/NC(=O)COc1ccc(-c2ccccc2)cc1Br. The molecular formula is C23H21BrN2O3. The predicted molar refractivity (Wildman–Crippen MR) is 118 cm³/mol. The Bertz CT molecular complexity index is 990. The molecule has 0 heterocycles. The van der Waals surface area contributed by atoms with Gasteiger partial charge in [-0.25, -0.2) is 5.43 Å². The van der Waals surface area contributed by atoms with Crippen molar-refractivity contribution in [2.75, 3.05) is 13.2 Å². The van der Waals surface area contributed by atoms with E-state index in [0.29, 0.717) is 18.1 Å². The predicted octanol–water partition coefficient (Wildman–Crippen LogP) is 5.04. The van der Waals surface area contributed by atoms with Gasteiger partial charge < -0.3 is 9.47 Å². The molecule has 0 radical (unpaired) electrons. The molecule has 0 unspecified atom stereocenters. The highest BCUT2D eigenvalue weighted by atomic mass is 79.9. The molecule has 5 nitrogen and oxygen atoms in total. The highest BCUT2D eigenvalue weighted by Crippen LogP contribution is 2.30. The zero-order chi connectivity index (χ0) is 20.5. The van der Waals surface area contributed by atoms with Gasteiger partial charge in [-0.2, -0.15) is 5.10 Å². The first-order valence-electron chi connectivity index (χ1n) is 9.19. The van der Waals surface area contributed by atoms with Crippen molar-refractivity contribution < 1.29 is 14.3 Å². The molecule has 0 aromatic heterocycles. The average Bonchev–Trinajstić information content (AvgIpc) is 2.75. The first-order chi connectivity index (χ1) is 14.2. The summed E-state index contributed by atoms with van der Waals surface area (Å²) in [7, 11) is 0. The second-order valence-corrected chi connectivity index (χ2v) is 6.92. The van der Waals surface area contributed by atoms with Gasteiger partial charge in [0, 0.05) is 5.56 Å². The van der Waals surface area contributed by atoms with Crippen LogP contribution in [-0.4, -0.2) is 25.3 Å². The number of carbonyl (C=O) groups is 1. The van der Waals surface area contributed by atoms with Gasteiger partial charge in [-0.15, -0.1) is 0 Å². The Labute approximate surface area is 178 Å². The van der Waals surface area contributed by atoms with Crippen molar-refractivity contribution in [3.05, 3.63) is 82.8 Å². The molecule has 3 aromatic carbocycles. The van der Waals surface area contributed by atoms with Crippen LogP contribution in [0.1, 0.15) is 12.5 Å². The number of amides is 1. The quantitative estimate of drug-likeness (QED) is 0.384. The first kappa shape index (κ1) is 20.6. The van der Waals surface area contributed by atoms with Crippen LogP contribution in [0.5, 0.6) is 11.5 Å². The summed E-state index contributed by atoms with van der Waals surface area (Å²) in [6.07, 6.45) is 1.55. The van der Waals surface area contributed by atoms with E-state index >= 15 is 0 Å². The second-order valence-electron chi connectivity index (χ2n) is 6.06. The minimum absolute atomic E-state index is 0.145. The lowest BCUT2D eigenvalue weighted by Gasteiger charge is -2.09. The Balaban J connectivity index is 1.54. The van der Waals surface area contributed by atoms with E-state index in [2.05, 4.69) is 26.5 Å². The van der Waals surface area contributed by atoms with E-state index in [9.17, 15) is 4.79 Å². The normalized spacial score (nSPS) is 10.7. The summed E-state index contributed by atoms with van der Waals surface area (Å²) in [5, 5.41) is 3.98. The molecule has 0 saturated heterocycles. The van der Waals surface area contributed by atoms with Crippen molar-refractivity contribution in [1.82, 2.24) is 5.43 Å². The number of nitrogens with zero attached hydrogens (tertiary/aromatic N) is 1. The summed E-state index contributed by atoms with van der Waals surface area (Å²) in [6.45, 7) is 2.33. The van der Waals surface area contributed by atoms with Gasteiger partial charge in [-0.05, 0) is 58.2 Å². The number of hydrazone groups is 1. The molecule has 0 fully saturated rings. The largest absolute Gasteiger partial charge is 0.493 e. The molecule has 0 spiro atoms. The molecule has 0 saturated carbocycles. The molecular weight excluding hydrogens is 432 g/mol. The van der Waals surface area contributed by atoms with Gasteiger partial charge in [-0.3, -0.25) is 4.79 Å². The number of halogens is 1. The topological polar surface area (TPSA) is 59.9 Å². The summed E-state index contributed by atoms with van der Waals surface area (Å²) in [5.41, 5.74) is 5.42. The molecule has 3 aromatic rings. The summed E-state index contributed by atoms with van der Waals surface area (Å²) in [5.74, 6) is 0.950. The third-order valence-electron chi connectivity index (χ3n) is 4.01. The van der Waals surface area contributed by atoms with E-state index in [1.54, 1.807) is 6.21 Å². The maximum absolute atomic E-state index is 12.0. The lowest BCUT2D eigenvalue weighted by molar-refractivity contribution is -0.123. The van der Waals surface area contributed by atoms with Crippen molar-refractivity contribution in [3.63, 3.8) is 0 Å². The van der Waals surface area contributed by atoms with Crippen molar-refractivity contribution in [2.24, 2.45) is 5.10 Å². The van der Waals surface area contributed by atoms with Gasteiger partial charge in [0.05, 0.1) is 17.3 Å². The van der Waals surface area contributed by atoms with Crippen LogP contribution in [-0.2, 0) is 4.79 Å². The molecule has 1 amide bonds. The first-order valence-corrected chi connectivity index (χ1v) is 9.98. The molecule has 29 heavy (non-hydrogen) atoms. The summed E-state index contributed by atoms with van der Waals surface area (Å²) in [6, 6.07) is 23.3. The second kappa shape index (κ2) is 10.4. The third kappa shape index (κ3) is 5.93. The lowest BCUT2D eigenvalue weighted by Crippen LogP contribution is -2.24. The minimum atomic E-state index is -0.353. The Kier molecular flexibility index (Phi) is 7.41. The van der Waals surface area contributed by atoms with Crippen molar-refractivity contribution in [3.8, 4) is 22.6 Å². The van der Waals surface area contributed by atoms with Crippen LogP contribution in [0.25, 0.3) is 11.1 Å². The zero-order valence-corrected chi connectivity index (χ0v) is 17.6. The maximum atomic E-state index is 12.0. The fraction of sp³-hybridized carbons (Fsp3) is 0.130. The Hall–Kier alpha value is -3.12. The van der Waals surface area contributed by atoms with E-state index in [-0.39, 0.29) is 12.5 Å². The summed E-state index contributed by atoms with van der Waals surface area (Å²) >= 11 is 3.50. The number of hydrogen-bond donors (Lipinski definition) is 1. The van der Waals surface area contributed by atoms with Crippen LogP contribution >= 0.6 is 15.9 Å². The molecule has 0 atom stereocenters. The minimum Gasteiger partial charge on any atom is -0.493 e. The van der Waals surface area contributed by atoms with E-state index in [1.807, 2.05) is 79.7 Å². The molecule has 0 aliphatic carbocycles. The summed E-state index contributed by atoms with van der Waals surface area (Å²) in [4.78, 5) is 12.0.